The number of benzene rings is 2. The number of rotatable bonds is 6. The first-order valence-electron chi connectivity index (χ1n) is 9.28. The second-order valence-corrected chi connectivity index (χ2v) is 8.76. The van der Waals surface area contributed by atoms with Crippen LogP contribution in [0.15, 0.2) is 59.5 Å². The Morgan fingerprint density at radius 2 is 1.66 bits per heavy atom. The van der Waals surface area contributed by atoms with Crippen molar-refractivity contribution in [1.29, 1.82) is 0 Å². The molecule has 0 aromatic heterocycles. The summed E-state index contributed by atoms with van der Waals surface area (Å²) in [7, 11) is -1.15. The third-order valence-electron chi connectivity index (χ3n) is 5.06. The second kappa shape index (κ2) is 8.62. The lowest BCUT2D eigenvalue weighted by Gasteiger charge is -2.45. The summed E-state index contributed by atoms with van der Waals surface area (Å²) in [5.74, 6) is -1.95. The summed E-state index contributed by atoms with van der Waals surface area (Å²) >= 11 is 0. The van der Waals surface area contributed by atoms with Gasteiger partial charge in [-0.05, 0) is 37.6 Å². The number of hydrogen-bond acceptors (Lipinski definition) is 6. The second-order valence-electron chi connectivity index (χ2n) is 6.90. The number of aryl methyl sites for hydroxylation is 1. The van der Waals surface area contributed by atoms with Gasteiger partial charge in [0.05, 0.1) is 17.0 Å². The Morgan fingerprint density at radius 1 is 1.03 bits per heavy atom. The number of hydrogen-bond donors (Lipinski definition) is 0. The summed E-state index contributed by atoms with van der Waals surface area (Å²) in [6.07, 6.45) is -0.000731. The van der Waals surface area contributed by atoms with Gasteiger partial charge in [0.25, 0.3) is 0 Å². The number of sulfonamides is 1. The van der Waals surface area contributed by atoms with Crippen molar-refractivity contribution in [3.63, 3.8) is 0 Å². The average molecular weight is 419 g/mol. The molecule has 0 saturated carbocycles. The third kappa shape index (κ3) is 4.35. The molecular formula is C21H25NO6S. The van der Waals surface area contributed by atoms with E-state index in [0.717, 1.165) is 9.87 Å². The van der Waals surface area contributed by atoms with E-state index in [-0.39, 0.29) is 17.9 Å². The molecule has 1 fully saturated rings. The highest BCUT2D eigenvalue weighted by atomic mass is 32.2. The number of nitrogens with zero attached hydrogens (tertiary/aromatic N) is 1. The molecule has 8 heteroatoms. The Bertz CT molecular complexity index is 939. The van der Waals surface area contributed by atoms with Gasteiger partial charge >= 0.3 is 5.97 Å². The van der Waals surface area contributed by atoms with Crippen molar-refractivity contribution in [1.82, 2.24) is 4.31 Å². The molecule has 156 valence electrons. The topological polar surface area (TPSA) is 82.1 Å². The van der Waals surface area contributed by atoms with Gasteiger partial charge in [-0.2, -0.15) is 0 Å². The van der Waals surface area contributed by atoms with Crippen LogP contribution in [-0.4, -0.2) is 51.5 Å². The van der Waals surface area contributed by atoms with Gasteiger partial charge in [0, 0.05) is 20.6 Å². The van der Waals surface area contributed by atoms with Gasteiger partial charge in [0.15, 0.2) is 0 Å². The number of carbonyl (C=O) groups is 1. The molecule has 1 unspecified atom stereocenters. The van der Waals surface area contributed by atoms with E-state index in [0.29, 0.717) is 12.0 Å². The van der Waals surface area contributed by atoms with Crippen LogP contribution < -0.4 is 0 Å². The lowest BCUT2D eigenvalue weighted by atomic mass is 10.1. The minimum atomic E-state index is -3.95. The fourth-order valence-electron chi connectivity index (χ4n) is 3.38. The number of ether oxygens (including phenoxy) is 3. The fourth-order valence-corrected chi connectivity index (χ4v) is 5.09. The summed E-state index contributed by atoms with van der Waals surface area (Å²) in [6.45, 7) is 1.81. The molecule has 0 radical (unpaired) electrons. The third-order valence-corrected chi connectivity index (χ3v) is 6.94. The number of carbonyl (C=O) groups excluding carboxylic acids is 1. The van der Waals surface area contributed by atoms with Crippen LogP contribution in [-0.2, 0) is 24.2 Å². The summed E-state index contributed by atoms with van der Waals surface area (Å²) in [5, 5.41) is 0. The SMILES string of the molecule is COC1(OC)CCC(OC(=O)c2ccccc2)CN1S(=O)(=O)c1ccc(C)cc1. The first kappa shape index (κ1) is 21.4. The molecule has 1 atom stereocenters. The van der Waals surface area contributed by atoms with Crippen LogP contribution in [0.4, 0.5) is 0 Å². The van der Waals surface area contributed by atoms with Crippen molar-refractivity contribution in [3.05, 3.63) is 65.7 Å². The van der Waals surface area contributed by atoms with Crippen molar-refractivity contribution < 1.29 is 27.4 Å². The molecule has 0 spiro atoms. The molecule has 29 heavy (non-hydrogen) atoms. The van der Waals surface area contributed by atoms with Gasteiger partial charge in [-0.25, -0.2) is 13.2 Å². The Balaban J connectivity index is 1.88. The van der Waals surface area contributed by atoms with E-state index >= 15 is 0 Å². The van der Waals surface area contributed by atoms with Crippen LogP contribution in [0.5, 0.6) is 0 Å². The van der Waals surface area contributed by atoms with Crippen molar-refractivity contribution in [2.45, 2.75) is 36.7 Å². The van der Waals surface area contributed by atoms with Crippen molar-refractivity contribution >= 4 is 16.0 Å². The van der Waals surface area contributed by atoms with E-state index in [1.54, 1.807) is 54.6 Å². The summed E-state index contributed by atoms with van der Waals surface area (Å²) in [4.78, 5) is 12.5. The van der Waals surface area contributed by atoms with Crippen LogP contribution >= 0.6 is 0 Å². The molecule has 3 rings (SSSR count). The minimum Gasteiger partial charge on any atom is -0.457 e. The zero-order valence-corrected chi connectivity index (χ0v) is 17.5. The smallest absolute Gasteiger partial charge is 0.338 e. The van der Waals surface area contributed by atoms with Gasteiger partial charge in [-0.1, -0.05) is 35.9 Å². The lowest BCUT2D eigenvalue weighted by molar-refractivity contribution is -0.289. The Labute approximate surface area is 171 Å². The highest BCUT2D eigenvalue weighted by Crippen LogP contribution is 2.36. The van der Waals surface area contributed by atoms with Gasteiger partial charge in [-0.3, -0.25) is 0 Å². The van der Waals surface area contributed by atoms with Crippen LogP contribution in [0.2, 0.25) is 0 Å². The van der Waals surface area contributed by atoms with Crippen molar-refractivity contribution in [3.8, 4) is 0 Å². The van der Waals surface area contributed by atoms with E-state index in [1.807, 2.05) is 6.92 Å². The van der Waals surface area contributed by atoms with E-state index in [2.05, 4.69) is 0 Å². The maximum Gasteiger partial charge on any atom is 0.338 e. The Hall–Kier alpha value is -2.26. The van der Waals surface area contributed by atoms with Gasteiger partial charge in [0.1, 0.15) is 6.10 Å². The van der Waals surface area contributed by atoms with Crippen molar-refractivity contribution in [2.75, 3.05) is 20.8 Å². The average Bonchev–Trinajstić information content (AvgIpc) is 2.75. The molecule has 1 saturated heterocycles. The number of esters is 1. The first-order valence-corrected chi connectivity index (χ1v) is 10.7. The predicted molar refractivity (Wildman–Crippen MR) is 107 cm³/mol. The predicted octanol–water partition coefficient (Wildman–Crippen LogP) is 2.95. The van der Waals surface area contributed by atoms with Crippen molar-refractivity contribution in [2.24, 2.45) is 0 Å². The number of methoxy groups -OCH3 is 2. The summed E-state index contributed by atoms with van der Waals surface area (Å²) in [6, 6.07) is 15.1. The van der Waals surface area contributed by atoms with Gasteiger partial charge in [-0.15, -0.1) is 4.31 Å². The molecule has 0 amide bonds. The Morgan fingerprint density at radius 3 is 2.24 bits per heavy atom. The van der Waals surface area contributed by atoms with Crippen LogP contribution in [0.1, 0.15) is 28.8 Å². The summed E-state index contributed by atoms with van der Waals surface area (Å²) < 4.78 is 44.4. The molecule has 1 aliphatic heterocycles. The molecule has 0 bridgehead atoms. The summed E-state index contributed by atoms with van der Waals surface area (Å²) in [5.41, 5.74) is 1.36. The standard InChI is InChI=1S/C21H25NO6S/c1-16-9-11-19(12-10-16)29(24,25)22-15-18(13-14-21(22,26-2)27-3)28-20(23)17-7-5-4-6-8-17/h4-12,18H,13-15H2,1-3H3. The van der Waals surface area contributed by atoms with E-state index in [1.165, 1.54) is 14.2 Å². The zero-order chi connectivity index (χ0) is 21.1. The minimum absolute atomic E-state index is 0.0730. The molecule has 1 heterocycles. The van der Waals surface area contributed by atoms with Crippen LogP contribution in [0.25, 0.3) is 0 Å². The first-order chi connectivity index (χ1) is 13.8. The van der Waals surface area contributed by atoms with Gasteiger partial charge in [0.2, 0.25) is 15.9 Å². The lowest BCUT2D eigenvalue weighted by Crippen LogP contribution is -2.60. The monoisotopic (exact) mass is 419 g/mol. The quantitative estimate of drug-likeness (QED) is 0.529. The van der Waals surface area contributed by atoms with E-state index < -0.39 is 28.0 Å². The molecule has 7 nitrogen and oxygen atoms in total. The molecule has 0 aliphatic carbocycles. The molecule has 1 aliphatic rings. The largest absolute Gasteiger partial charge is 0.457 e. The fraction of sp³-hybridized carbons (Fsp3) is 0.381. The normalized spacial score (nSPS) is 19.6. The molecule has 2 aromatic rings. The van der Waals surface area contributed by atoms with Crippen LogP contribution in [0, 0.1) is 6.92 Å². The van der Waals surface area contributed by atoms with Crippen LogP contribution in [0.3, 0.4) is 0 Å². The zero-order valence-electron chi connectivity index (χ0n) is 16.7. The van der Waals surface area contributed by atoms with E-state index in [9.17, 15) is 13.2 Å². The maximum absolute atomic E-state index is 13.4. The Kier molecular flexibility index (Phi) is 6.38. The molecule has 0 N–H and O–H groups in total. The van der Waals surface area contributed by atoms with E-state index in [4.69, 9.17) is 14.2 Å². The number of piperidine rings is 1. The highest BCUT2D eigenvalue weighted by molar-refractivity contribution is 7.89. The molecular weight excluding hydrogens is 394 g/mol. The molecule has 2 aromatic carbocycles. The van der Waals surface area contributed by atoms with Gasteiger partial charge < -0.3 is 14.2 Å². The highest BCUT2D eigenvalue weighted by Gasteiger charge is 2.50. The maximum atomic E-state index is 13.4.